The zero-order valence-corrected chi connectivity index (χ0v) is 10.8. The molecule has 1 atom stereocenters. The van der Waals surface area contributed by atoms with Crippen molar-refractivity contribution in [2.75, 3.05) is 11.9 Å². The van der Waals surface area contributed by atoms with E-state index in [0.29, 0.717) is 18.2 Å². The average molecular weight is 263 g/mol. The number of carboxylic acids is 1. The second-order valence-corrected chi connectivity index (χ2v) is 4.59. The van der Waals surface area contributed by atoms with Crippen LogP contribution in [0.1, 0.15) is 30.1 Å². The van der Waals surface area contributed by atoms with Crippen LogP contribution in [0.4, 0.5) is 5.69 Å². The molecule has 1 saturated carbocycles. The highest BCUT2D eigenvalue weighted by atomic mass is 16.5. The first-order valence-electron chi connectivity index (χ1n) is 6.37. The van der Waals surface area contributed by atoms with Gasteiger partial charge in [0.05, 0.1) is 5.56 Å². The molecule has 1 aromatic rings. The number of benzene rings is 1. The van der Waals surface area contributed by atoms with Crippen LogP contribution in [0.3, 0.4) is 0 Å². The Morgan fingerprint density at radius 2 is 2.00 bits per heavy atom. The molecular formula is C14H17NO4. The Morgan fingerprint density at radius 1 is 1.37 bits per heavy atom. The van der Waals surface area contributed by atoms with Crippen LogP contribution in [0.15, 0.2) is 24.3 Å². The Labute approximate surface area is 111 Å². The lowest BCUT2D eigenvalue weighted by molar-refractivity contribution is -0.128. The van der Waals surface area contributed by atoms with Crippen molar-refractivity contribution >= 4 is 17.6 Å². The quantitative estimate of drug-likeness (QED) is 0.824. The maximum Gasteiger partial charge on any atom is 0.335 e. The van der Waals surface area contributed by atoms with Gasteiger partial charge in [-0.05, 0) is 49.9 Å². The number of nitrogens with one attached hydrogen (secondary N) is 1. The van der Waals surface area contributed by atoms with Crippen molar-refractivity contribution in [2.45, 2.75) is 25.9 Å². The van der Waals surface area contributed by atoms with Gasteiger partial charge in [-0.3, -0.25) is 4.79 Å². The largest absolute Gasteiger partial charge is 0.478 e. The van der Waals surface area contributed by atoms with Crippen LogP contribution in [0, 0.1) is 5.92 Å². The number of carbonyl (C=O) groups excluding carboxylic acids is 1. The minimum atomic E-state index is -0.983. The van der Waals surface area contributed by atoms with E-state index >= 15 is 0 Å². The fraction of sp³-hybridized carbons (Fsp3) is 0.429. The highest BCUT2D eigenvalue weighted by molar-refractivity contribution is 5.95. The number of aromatic carboxylic acids is 1. The average Bonchev–Trinajstić information content (AvgIpc) is 3.20. The molecule has 0 radical (unpaired) electrons. The Balaban J connectivity index is 1.99. The Hall–Kier alpha value is -1.88. The maximum absolute atomic E-state index is 12.1. The summed E-state index contributed by atoms with van der Waals surface area (Å²) in [5.41, 5.74) is 0.780. The summed E-state index contributed by atoms with van der Waals surface area (Å²) in [6, 6.07) is 6.09. The number of carbonyl (C=O) groups is 2. The molecule has 102 valence electrons. The Morgan fingerprint density at radius 3 is 2.47 bits per heavy atom. The predicted molar refractivity (Wildman–Crippen MR) is 70.2 cm³/mol. The summed E-state index contributed by atoms with van der Waals surface area (Å²) in [4.78, 5) is 22.8. The Kier molecular flexibility index (Phi) is 4.16. The molecule has 0 saturated heterocycles. The third-order valence-electron chi connectivity index (χ3n) is 3.05. The van der Waals surface area contributed by atoms with Gasteiger partial charge in [-0.15, -0.1) is 0 Å². The molecule has 19 heavy (non-hydrogen) atoms. The number of ether oxygens (including phenoxy) is 1. The van der Waals surface area contributed by atoms with Gasteiger partial charge in [-0.2, -0.15) is 0 Å². The van der Waals surface area contributed by atoms with Crippen LogP contribution in [-0.4, -0.2) is 29.7 Å². The maximum atomic E-state index is 12.1. The van der Waals surface area contributed by atoms with E-state index in [2.05, 4.69) is 5.32 Å². The summed E-state index contributed by atoms with van der Waals surface area (Å²) in [6.07, 6.45) is 1.65. The van der Waals surface area contributed by atoms with Gasteiger partial charge in [-0.1, -0.05) is 0 Å². The fourth-order valence-corrected chi connectivity index (χ4v) is 1.91. The minimum Gasteiger partial charge on any atom is -0.478 e. The van der Waals surface area contributed by atoms with Crippen LogP contribution >= 0.6 is 0 Å². The summed E-state index contributed by atoms with van der Waals surface area (Å²) in [5.74, 6) is -0.825. The van der Waals surface area contributed by atoms with Gasteiger partial charge < -0.3 is 15.2 Å². The lowest BCUT2D eigenvalue weighted by Gasteiger charge is -2.16. The van der Waals surface area contributed by atoms with Crippen molar-refractivity contribution in [3.63, 3.8) is 0 Å². The molecule has 1 unspecified atom stereocenters. The number of carboxylic acid groups (broad SMARTS) is 1. The number of amides is 1. The minimum absolute atomic E-state index is 0.160. The first-order valence-corrected chi connectivity index (χ1v) is 6.37. The molecule has 0 heterocycles. The predicted octanol–water partition coefficient (Wildman–Crippen LogP) is 2.14. The van der Waals surface area contributed by atoms with E-state index in [1.54, 1.807) is 12.1 Å². The molecule has 1 fully saturated rings. The van der Waals surface area contributed by atoms with E-state index in [-0.39, 0.29) is 11.5 Å². The van der Waals surface area contributed by atoms with Crippen LogP contribution < -0.4 is 5.32 Å². The molecule has 2 N–H and O–H groups in total. The molecule has 1 aromatic carbocycles. The van der Waals surface area contributed by atoms with Gasteiger partial charge >= 0.3 is 5.97 Å². The zero-order valence-electron chi connectivity index (χ0n) is 10.8. The van der Waals surface area contributed by atoms with Gasteiger partial charge in [0.25, 0.3) is 5.91 Å². The lowest BCUT2D eigenvalue weighted by atomic mass is 10.2. The van der Waals surface area contributed by atoms with Crippen LogP contribution in [0.2, 0.25) is 0 Å². The lowest BCUT2D eigenvalue weighted by Crippen LogP contribution is -2.32. The van der Waals surface area contributed by atoms with E-state index in [9.17, 15) is 9.59 Å². The van der Waals surface area contributed by atoms with Crippen LogP contribution in [-0.2, 0) is 9.53 Å². The fourth-order valence-electron chi connectivity index (χ4n) is 1.91. The van der Waals surface area contributed by atoms with Crippen molar-refractivity contribution in [3.05, 3.63) is 29.8 Å². The molecule has 0 aromatic heterocycles. The SMILES string of the molecule is CCOC(C(=O)Nc1ccc(C(=O)O)cc1)C1CC1. The second-order valence-electron chi connectivity index (χ2n) is 4.59. The summed E-state index contributed by atoms with van der Waals surface area (Å²) in [5, 5.41) is 11.5. The normalized spacial score (nSPS) is 15.8. The van der Waals surface area contributed by atoms with E-state index < -0.39 is 12.1 Å². The third-order valence-corrected chi connectivity index (χ3v) is 3.05. The molecule has 0 bridgehead atoms. The first-order chi connectivity index (χ1) is 9.11. The molecule has 0 spiro atoms. The molecular weight excluding hydrogens is 246 g/mol. The Bertz CT molecular complexity index is 465. The van der Waals surface area contributed by atoms with E-state index in [1.165, 1.54) is 12.1 Å². The van der Waals surface area contributed by atoms with Crippen molar-refractivity contribution in [1.82, 2.24) is 0 Å². The van der Waals surface area contributed by atoms with Gasteiger partial charge in [0.1, 0.15) is 6.10 Å². The van der Waals surface area contributed by atoms with E-state index in [0.717, 1.165) is 12.8 Å². The summed E-state index contributed by atoms with van der Waals surface area (Å²) in [7, 11) is 0. The highest BCUT2D eigenvalue weighted by Crippen LogP contribution is 2.34. The molecule has 5 heteroatoms. The monoisotopic (exact) mass is 263 g/mol. The van der Waals surface area contributed by atoms with Crippen LogP contribution in [0.5, 0.6) is 0 Å². The number of rotatable bonds is 6. The second kappa shape index (κ2) is 5.84. The molecule has 5 nitrogen and oxygen atoms in total. The highest BCUT2D eigenvalue weighted by Gasteiger charge is 2.36. The van der Waals surface area contributed by atoms with E-state index in [4.69, 9.17) is 9.84 Å². The molecule has 2 rings (SSSR count). The van der Waals surface area contributed by atoms with Gasteiger partial charge in [0.2, 0.25) is 0 Å². The van der Waals surface area contributed by atoms with Gasteiger partial charge in [0.15, 0.2) is 0 Å². The number of hydrogen-bond acceptors (Lipinski definition) is 3. The first kappa shape index (κ1) is 13.5. The number of hydrogen-bond donors (Lipinski definition) is 2. The topological polar surface area (TPSA) is 75.6 Å². The van der Waals surface area contributed by atoms with Gasteiger partial charge in [0, 0.05) is 12.3 Å². The molecule has 1 aliphatic carbocycles. The van der Waals surface area contributed by atoms with Crippen molar-refractivity contribution in [3.8, 4) is 0 Å². The van der Waals surface area contributed by atoms with E-state index in [1.807, 2.05) is 6.92 Å². The standard InChI is InChI=1S/C14H17NO4/c1-2-19-12(9-3-4-9)13(16)15-11-7-5-10(6-8-11)14(17)18/h5-9,12H,2-4H2,1H3,(H,15,16)(H,17,18). The zero-order chi connectivity index (χ0) is 13.8. The number of anilines is 1. The van der Waals surface area contributed by atoms with Crippen molar-refractivity contribution in [2.24, 2.45) is 5.92 Å². The molecule has 0 aliphatic heterocycles. The third kappa shape index (κ3) is 3.54. The summed E-state index contributed by atoms with van der Waals surface area (Å²) < 4.78 is 5.46. The molecule has 1 aliphatic rings. The molecule has 1 amide bonds. The van der Waals surface area contributed by atoms with Gasteiger partial charge in [-0.25, -0.2) is 4.79 Å². The van der Waals surface area contributed by atoms with Crippen molar-refractivity contribution in [1.29, 1.82) is 0 Å². The van der Waals surface area contributed by atoms with Crippen molar-refractivity contribution < 1.29 is 19.4 Å². The smallest absolute Gasteiger partial charge is 0.335 e. The van der Waals surface area contributed by atoms with Crippen LogP contribution in [0.25, 0.3) is 0 Å². The summed E-state index contributed by atoms with van der Waals surface area (Å²) in [6.45, 7) is 2.37. The summed E-state index contributed by atoms with van der Waals surface area (Å²) >= 11 is 0.